The van der Waals surface area contributed by atoms with E-state index in [1.807, 2.05) is 28.8 Å². The van der Waals surface area contributed by atoms with Crippen LogP contribution in [0.1, 0.15) is 49.8 Å². The maximum absolute atomic E-state index is 13.3. The number of hydrogen-bond donors (Lipinski definition) is 0. The lowest BCUT2D eigenvalue weighted by molar-refractivity contribution is -0.137. The molecule has 0 spiro atoms. The summed E-state index contributed by atoms with van der Waals surface area (Å²) >= 11 is 0. The van der Waals surface area contributed by atoms with Gasteiger partial charge in [-0.05, 0) is 56.9 Å². The number of anilines is 1. The van der Waals surface area contributed by atoms with Gasteiger partial charge in [-0.2, -0.15) is 23.5 Å². The average molecular weight is 362 g/mol. The molecule has 1 saturated carbocycles. The van der Waals surface area contributed by atoms with E-state index in [1.165, 1.54) is 6.07 Å². The zero-order valence-electron chi connectivity index (χ0n) is 14.6. The third kappa shape index (κ3) is 3.69. The van der Waals surface area contributed by atoms with Gasteiger partial charge in [-0.3, -0.25) is 4.68 Å². The Morgan fingerprint density at radius 2 is 2.15 bits per heavy atom. The van der Waals surface area contributed by atoms with Crippen molar-refractivity contribution in [1.82, 2.24) is 9.78 Å². The summed E-state index contributed by atoms with van der Waals surface area (Å²) in [6.45, 7) is 2.56. The fourth-order valence-corrected chi connectivity index (χ4v) is 3.85. The molecule has 3 rings (SSSR count). The van der Waals surface area contributed by atoms with Crippen molar-refractivity contribution in [3.05, 3.63) is 47.8 Å². The number of aromatic nitrogens is 2. The number of benzene rings is 1. The number of rotatable bonds is 4. The van der Waals surface area contributed by atoms with E-state index in [0.717, 1.165) is 31.7 Å². The smallest absolute Gasteiger partial charge is 0.369 e. The van der Waals surface area contributed by atoms with E-state index >= 15 is 0 Å². The van der Waals surface area contributed by atoms with Gasteiger partial charge in [-0.1, -0.05) is 0 Å². The van der Waals surface area contributed by atoms with Gasteiger partial charge >= 0.3 is 6.18 Å². The van der Waals surface area contributed by atoms with Crippen LogP contribution in [0.15, 0.2) is 36.7 Å². The van der Waals surface area contributed by atoms with Gasteiger partial charge in [-0.15, -0.1) is 0 Å². The van der Waals surface area contributed by atoms with Crippen molar-refractivity contribution in [2.75, 3.05) is 11.4 Å². The predicted octanol–water partition coefficient (Wildman–Crippen LogP) is 4.78. The molecule has 138 valence electrons. The number of halogens is 3. The van der Waals surface area contributed by atoms with Gasteiger partial charge in [0.2, 0.25) is 0 Å². The van der Waals surface area contributed by atoms with Crippen molar-refractivity contribution in [1.29, 1.82) is 5.26 Å². The molecule has 1 heterocycles. The summed E-state index contributed by atoms with van der Waals surface area (Å²) < 4.78 is 41.8. The molecule has 1 aliphatic rings. The first-order valence-corrected chi connectivity index (χ1v) is 8.81. The van der Waals surface area contributed by atoms with Gasteiger partial charge in [0, 0.05) is 30.7 Å². The van der Waals surface area contributed by atoms with Crippen LogP contribution in [0.2, 0.25) is 0 Å². The summed E-state index contributed by atoms with van der Waals surface area (Å²) in [5.74, 6) is 0. The maximum atomic E-state index is 13.3. The molecule has 26 heavy (non-hydrogen) atoms. The van der Waals surface area contributed by atoms with E-state index in [2.05, 4.69) is 5.10 Å². The highest BCUT2D eigenvalue weighted by atomic mass is 19.4. The van der Waals surface area contributed by atoms with Crippen LogP contribution in [0.25, 0.3) is 0 Å². The summed E-state index contributed by atoms with van der Waals surface area (Å²) in [6.07, 6.45) is 2.96. The Morgan fingerprint density at radius 3 is 2.77 bits per heavy atom. The second-order valence-corrected chi connectivity index (χ2v) is 6.59. The van der Waals surface area contributed by atoms with Crippen molar-refractivity contribution >= 4 is 5.69 Å². The van der Waals surface area contributed by atoms with E-state index in [0.29, 0.717) is 12.2 Å². The van der Waals surface area contributed by atoms with Crippen LogP contribution >= 0.6 is 0 Å². The molecular weight excluding hydrogens is 341 g/mol. The molecule has 0 aliphatic heterocycles. The van der Waals surface area contributed by atoms with Crippen molar-refractivity contribution in [2.45, 2.75) is 50.9 Å². The van der Waals surface area contributed by atoms with Gasteiger partial charge in [0.05, 0.1) is 23.2 Å². The highest BCUT2D eigenvalue weighted by molar-refractivity contribution is 5.55. The summed E-state index contributed by atoms with van der Waals surface area (Å²) in [5, 5.41) is 13.3. The minimum atomic E-state index is -4.54. The Kier molecular flexibility index (Phi) is 5.21. The molecular formula is C19H21F3N4. The molecule has 4 nitrogen and oxygen atoms in total. The summed E-state index contributed by atoms with van der Waals surface area (Å²) in [4.78, 5) is 2.02. The number of nitriles is 1. The molecule has 1 aromatic carbocycles. The Morgan fingerprint density at radius 1 is 1.35 bits per heavy atom. The lowest BCUT2D eigenvalue weighted by Gasteiger charge is -2.38. The Bertz CT molecular complexity index is 777. The highest BCUT2D eigenvalue weighted by Crippen LogP contribution is 2.37. The lowest BCUT2D eigenvalue weighted by atomic mass is 9.89. The first kappa shape index (κ1) is 18.3. The van der Waals surface area contributed by atoms with Gasteiger partial charge in [0.25, 0.3) is 0 Å². The maximum Gasteiger partial charge on any atom is 0.417 e. The second kappa shape index (κ2) is 7.40. The minimum absolute atomic E-state index is 0.150. The van der Waals surface area contributed by atoms with Gasteiger partial charge in [0.15, 0.2) is 0 Å². The molecule has 2 aromatic rings. The molecule has 0 saturated heterocycles. The lowest BCUT2D eigenvalue weighted by Crippen LogP contribution is -2.39. The molecule has 0 bridgehead atoms. The van der Waals surface area contributed by atoms with Gasteiger partial charge in [-0.25, -0.2) is 0 Å². The largest absolute Gasteiger partial charge is 0.417 e. The third-order valence-corrected chi connectivity index (χ3v) is 5.06. The van der Waals surface area contributed by atoms with Crippen LogP contribution in [0, 0.1) is 11.3 Å². The molecule has 1 fully saturated rings. The van der Waals surface area contributed by atoms with Crippen molar-refractivity contribution < 1.29 is 13.2 Å². The predicted molar refractivity (Wildman–Crippen MR) is 92.7 cm³/mol. The normalized spacial score (nSPS) is 20.6. The van der Waals surface area contributed by atoms with Crippen LogP contribution in [-0.2, 0) is 6.18 Å². The molecule has 0 amide bonds. The van der Waals surface area contributed by atoms with E-state index in [-0.39, 0.29) is 17.6 Å². The van der Waals surface area contributed by atoms with Crippen molar-refractivity contribution in [3.63, 3.8) is 0 Å². The first-order chi connectivity index (χ1) is 12.4. The molecule has 1 aromatic heterocycles. The summed E-state index contributed by atoms with van der Waals surface area (Å²) in [5.41, 5.74) is -0.685. The van der Waals surface area contributed by atoms with E-state index in [4.69, 9.17) is 5.26 Å². The molecule has 1 aliphatic carbocycles. The molecule has 2 unspecified atom stereocenters. The quantitative estimate of drug-likeness (QED) is 0.786. The first-order valence-electron chi connectivity index (χ1n) is 8.81. The van der Waals surface area contributed by atoms with Crippen LogP contribution in [0.4, 0.5) is 18.9 Å². The average Bonchev–Trinajstić information content (AvgIpc) is 3.16. The van der Waals surface area contributed by atoms with Crippen LogP contribution < -0.4 is 4.90 Å². The molecule has 7 heteroatoms. The topological polar surface area (TPSA) is 44.9 Å². The zero-order chi connectivity index (χ0) is 18.7. The fourth-order valence-electron chi connectivity index (χ4n) is 3.85. The van der Waals surface area contributed by atoms with Crippen LogP contribution in [-0.4, -0.2) is 22.4 Å². The van der Waals surface area contributed by atoms with Crippen molar-refractivity contribution in [3.8, 4) is 6.07 Å². The number of alkyl halides is 3. The third-order valence-electron chi connectivity index (χ3n) is 5.06. The SMILES string of the molecule is CCN(c1ccc(C#N)c(C(F)(F)F)c1)C1CCCC(n2cccn2)C1. The van der Waals surface area contributed by atoms with E-state index in [9.17, 15) is 13.2 Å². The standard InChI is InChI=1S/C19H21F3N4/c1-2-25(15-5-3-6-17(11-15)26-10-4-9-24-26)16-8-7-14(13-23)18(12-16)19(20,21)22/h4,7-10,12,15,17H,2-3,5-6,11H2,1H3. The molecule has 2 atom stereocenters. The summed E-state index contributed by atoms with van der Waals surface area (Å²) in [7, 11) is 0. The van der Waals surface area contributed by atoms with Gasteiger partial charge < -0.3 is 4.90 Å². The van der Waals surface area contributed by atoms with Crippen molar-refractivity contribution in [2.24, 2.45) is 0 Å². The Hall–Kier alpha value is -2.49. The summed E-state index contributed by atoms with van der Waals surface area (Å²) in [6, 6.07) is 7.94. The van der Waals surface area contributed by atoms with E-state index < -0.39 is 11.7 Å². The van der Waals surface area contributed by atoms with Crippen LogP contribution in [0.3, 0.4) is 0 Å². The van der Waals surface area contributed by atoms with Gasteiger partial charge in [0.1, 0.15) is 0 Å². The fraction of sp³-hybridized carbons (Fsp3) is 0.474. The van der Waals surface area contributed by atoms with E-state index in [1.54, 1.807) is 18.3 Å². The highest BCUT2D eigenvalue weighted by Gasteiger charge is 2.35. The van der Waals surface area contributed by atoms with Crippen LogP contribution in [0.5, 0.6) is 0 Å². The Labute approximate surface area is 150 Å². The minimum Gasteiger partial charge on any atom is -0.369 e. The number of hydrogen-bond acceptors (Lipinski definition) is 3. The molecule has 0 N–H and O–H groups in total. The second-order valence-electron chi connectivity index (χ2n) is 6.59. The molecule has 0 radical (unpaired) electrons. The number of nitrogens with zero attached hydrogens (tertiary/aromatic N) is 4. The Balaban J connectivity index is 1.88. The zero-order valence-corrected chi connectivity index (χ0v) is 14.6. The monoisotopic (exact) mass is 362 g/mol.